The van der Waals surface area contributed by atoms with Crippen LogP contribution in [0.4, 0.5) is 0 Å². The standard InChI is InChI=1S/C10H22N2/c1-12-10(7-8-11)9-5-3-2-4-6-9/h9-10,12H,2-8,11H2,1H3. The Morgan fingerprint density at radius 2 is 2.00 bits per heavy atom. The second-order valence-electron chi connectivity index (χ2n) is 3.87. The largest absolute Gasteiger partial charge is 0.330 e. The minimum Gasteiger partial charge on any atom is -0.330 e. The van der Waals surface area contributed by atoms with Crippen LogP contribution >= 0.6 is 0 Å². The van der Waals surface area contributed by atoms with Gasteiger partial charge in [0.15, 0.2) is 0 Å². The average Bonchev–Trinajstić information content (AvgIpc) is 2.15. The van der Waals surface area contributed by atoms with Gasteiger partial charge in [-0.15, -0.1) is 0 Å². The molecule has 0 bridgehead atoms. The minimum absolute atomic E-state index is 0.676. The van der Waals surface area contributed by atoms with Crippen molar-refractivity contribution in [3.63, 3.8) is 0 Å². The fourth-order valence-electron chi connectivity index (χ4n) is 2.33. The monoisotopic (exact) mass is 170 g/mol. The summed E-state index contributed by atoms with van der Waals surface area (Å²) in [4.78, 5) is 0. The van der Waals surface area contributed by atoms with Gasteiger partial charge in [0.05, 0.1) is 0 Å². The molecule has 0 aromatic carbocycles. The molecule has 2 heteroatoms. The lowest BCUT2D eigenvalue weighted by atomic mass is 9.83. The number of hydrogen-bond acceptors (Lipinski definition) is 2. The molecule has 0 radical (unpaired) electrons. The van der Waals surface area contributed by atoms with Crippen molar-refractivity contribution in [3.8, 4) is 0 Å². The van der Waals surface area contributed by atoms with Gasteiger partial charge in [-0.1, -0.05) is 19.3 Å². The molecule has 0 saturated heterocycles. The van der Waals surface area contributed by atoms with Gasteiger partial charge in [-0.3, -0.25) is 0 Å². The Labute approximate surface area is 75.9 Å². The maximum absolute atomic E-state index is 5.57. The molecule has 1 fully saturated rings. The van der Waals surface area contributed by atoms with Crippen LogP contribution in [0.3, 0.4) is 0 Å². The molecule has 12 heavy (non-hydrogen) atoms. The predicted molar refractivity (Wildman–Crippen MR) is 53.1 cm³/mol. The third-order valence-corrected chi connectivity index (χ3v) is 3.07. The van der Waals surface area contributed by atoms with Gasteiger partial charge in [-0.2, -0.15) is 0 Å². The van der Waals surface area contributed by atoms with E-state index in [1.54, 1.807) is 0 Å². The van der Waals surface area contributed by atoms with E-state index in [4.69, 9.17) is 5.73 Å². The van der Waals surface area contributed by atoms with Gasteiger partial charge in [0.2, 0.25) is 0 Å². The first-order valence-electron chi connectivity index (χ1n) is 5.26. The van der Waals surface area contributed by atoms with Crippen LogP contribution < -0.4 is 11.1 Å². The number of nitrogens with one attached hydrogen (secondary N) is 1. The van der Waals surface area contributed by atoms with Crippen molar-refractivity contribution in [2.45, 2.75) is 44.6 Å². The van der Waals surface area contributed by atoms with Gasteiger partial charge in [0.25, 0.3) is 0 Å². The molecular formula is C10H22N2. The molecule has 1 aliphatic carbocycles. The zero-order valence-corrected chi connectivity index (χ0v) is 8.18. The third-order valence-electron chi connectivity index (χ3n) is 3.07. The van der Waals surface area contributed by atoms with Crippen LogP contribution in [0.2, 0.25) is 0 Å². The first-order chi connectivity index (χ1) is 5.88. The summed E-state index contributed by atoms with van der Waals surface area (Å²) >= 11 is 0. The summed E-state index contributed by atoms with van der Waals surface area (Å²) in [6.45, 7) is 0.821. The molecule has 3 N–H and O–H groups in total. The molecule has 0 aromatic heterocycles. The zero-order chi connectivity index (χ0) is 8.81. The maximum Gasteiger partial charge on any atom is 0.0104 e. The molecule has 2 nitrogen and oxygen atoms in total. The van der Waals surface area contributed by atoms with Gasteiger partial charge in [-0.05, 0) is 38.8 Å². The fraction of sp³-hybridized carbons (Fsp3) is 1.00. The summed E-state index contributed by atoms with van der Waals surface area (Å²) in [5, 5.41) is 3.39. The summed E-state index contributed by atoms with van der Waals surface area (Å²) < 4.78 is 0. The van der Waals surface area contributed by atoms with E-state index in [0.29, 0.717) is 6.04 Å². The molecule has 0 amide bonds. The van der Waals surface area contributed by atoms with Gasteiger partial charge in [0, 0.05) is 6.04 Å². The van der Waals surface area contributed by atoms with Gasteiger partial charge < -0.3 is 11.1 Å². The van der Waals surface area contributed by atoms with Crippen molar-refractivity contribution in [1.29, 1.82) is 0 Å². The summed E-state index contributed by atoms with van der Waals surface area (Å²) in [5.74, 6) is 0.896. The highest BCUT2D eigenvalue weighted by Crippen LogP contribution is 2.27. The van der Waals surface area contributed by atoms with Crippen molar-refractivity contribution in [2.75, 3.05) is 13.6 Å². The van der Waals surface area contributed by atoms with E-state index in [2.05, 4.69) is 12.4 Å². The SMILES string of the molecule is CNC(CCN)C1CCCCC1. The Kier molecular flexibility index (Phi) is 4.62. The van der Waals surface area contributed by atoms with Crippen molar-refractivity contribution < 1.29 is 0 Å². The van der Waals surface area contributed by atoms with Gasteiger partial charge >= 0.3 is 0 Å². The van der Waals surface area contributed by atoms with E-state index in [-0.39, 0.29) is 0 Å². The van der Waals surface area contributed by atoms with Crippen molar-refractivity contribution in [3.05, 3.63) is 0 Å². The molecule has 72 valence electrons. The van der Waals surface area contributed by atoms with Crippen LogP contribution in [0.1, 0.15) is 38.5 Å². The normalized spacial score (nSPS) is 22.5. The molecule has 1 saturated carbocycles. The number of nitrogens with two attached hydrogens (primary N) is 1. The summed E-state index contributed by atoms with van der Waals surface area (Å²) in [6, 6.07) is 0.676. The average molecular weight is 170 g/mol. The van der Waals surface area contributed by atoms with Gasteiger partial charge in [0.1, 0.15) is 0 Å². The van der Waals surface area contributed by atoms with E-state index in [1.807, 2.05) is 0 Å². The number of hydrogen-bond donors (Lipinski definition) is 2. The molecule has 1 rings (SSSR count). The Balaban J connectivity index is 2.29. The first-order valence-corrected chi connectivity index (χ1v) is 5.26. The van der Waals surface area contributed by atoms with E-state index >= 15 is 0 Å². The van der Waals surface area contributed by atoms with Crippen LogP contribution in [0.15, 0.2) is 0 Å². The lowest BCUT2D eigenvalue weighted by molar-refractivity contribution is 0.270. The van der Waals surface area contributed by atoms with Crippen molar-refractivity contribution in [1.82, 2.24) is 5.32 Å². The maximum atomic E-state index is 5.57. The lowest BCUT2D eigenvalue weighted by Gasteiger charge is -2.29. The molecule has 0 heterocycles. The Hall–Kier alpha value is -0.0800. The third kappa shape index (κ3) is 2.76. The number of rotatable bonds is 4. The summed E-state index contributed by atoms with van der Waals surface area (Å²) in [7, 11) is 2.06. The second-order valence-corrected chi connectivity index (χ2v) is 3.87. The molecule has 1 atom stereocenters. The molecule has 1 unspecified atom stereocenters. The molecule has 0 spiro atoms. The minimum atomic E-state index is 0.676. The second kappa shape index (κ2) is 5.55. The summed E-state index contributed by atoms with van der Waals surface area (Å²) in [6.07, 6.45) is 8.24. The van der Waals surface area contributed by atoms with Crippen LogP contribution in [0, 0.1) is 5.92 Å². The topological polar surface area (TPSA) is 38.0 Å². The smallest absolute Gasteiger partial charge is 0.0104 e. The van der Waals surface area contributed by atoms with Crippen LogP contribution in [0.25, 0.3) is 0 Å². The molecule has 1 aliphatic rings. The Morgan fingerprint density at radius 1 is 1.33 bits per heavy atom. The lowest BCUT2D eigenvalue weighted by Crippen LogP contribution is -2.36. The van der Waals surface area contributed by atoms with E-state index < -0.39 is 0 Å². The Morgan fingerprint density at radius 3 is 2.50 bits per heavy atom. The quantitative estimate of drug-likeness (QED) is 0.671. The molecular weight excluding hydrogens is 148 g/mol. The summed E-state index contributed by atoms with van der Waals surface area (Å²) in [5.41, 5.74) is 5.57. The fourth-order valence-corrected chi connectivity index (χ4v) is 2.33. The van der Waals surface area contributed by atoms with E-state index in [1.165, 1.54) is 32.1 Å². The highest BCUT2D eigenvalue weighted by molar-refractivity contribution is 4.78. The van der Waals surface area contributed by atoms with E-state index in [0.717, 1.165) is 18.9 Å². The van der Waals surface area contributed by atoms with Crippen LogP contribution in [-0.2, 0) is 0 Å². The van der Waals surface area contributed by atoms with E-state index in [9.17, 15) is 0 Å². The predicted octanol–water partition coefficient (Wildman–Crippen LogP) is 1.50. The Bertz CT molecular complexity index is 106. The van der Waals surface area contributed by atoms with Gasteiger partial charge in [-0.25, -0.2) is 0 Å². The highest BCUT2D eigenvalue weighted by Gasteiger charge is 2.21. The van der Waals surface area contributed by atoms with Crippen LogP contribution in [0.5, 0.6) is 0 Å². The van der Waals surface area contributed by atoms with Crippen molar-refractivity contribution >= 4 is 0 Å². The van der Waals surface area contributed by atoms with Crippen LogP contribution in [-0.4, -0.2) is 19.6 Å². The van der Waals surface area contributed by atoms with Crippen molar-refractivity contribution in [2.24, 2.45) is 11.7 Å². The highest BCUT2D eigenvalue weighted by atomic mass is 14.9. The first kappa shape index (κ1) is 10.0. The zero-order valence-electron chi connectivity index (χ0n) is 8.18. The molecule has 0 aromatic rings. The molecule has 0 aliphatic heterocycles.